The Morgan fingerprint density at radius 2 is 1.10 bits per heavy atom. The minimum absolute atomic E-state index is 1.16. The van der Waals surface area contributed by atoms with Gasteiger partial charge >= 0.3 is 0 Å². The monoisotopic (exact) mass is 508 g/mol. The Balaban J connectivity index is 1.60. The predicted molar refractivity (Wildman–Crippen MR) is 171 cm³/mol. The maximum Gasteiger partial charge on any atom is 0.0555 e. The maximum atomic E-state index is 3.85. The van der Waals surface area contributed by atoms with Gasteiger partial charge in [0.05, 0.1) is 16.6 Å². The van der Waals surface area contributed by atoms with Crippen molar-refractivity contribution in [3.05, 3.63) is 140 Å². The zero-order valence-corrected chi connectivity index (χ0v) is 21.7. The molecule has 0 spiro atoms. The number of rotatable bonds is 2. The fourth-order valence-electron chi connectivity index (χ4n) is 6.81. The Morgan fingerprint density at radius 1 is 0.425 bits per heavy atom. The fraction of sp³-hybridized carbons (Fsp3) is 0. The molecule has 0 saturated heterocycles. The first kappa shape index (κ1) is 21.6. The second-order valence-electron chi connectivity index (χ2n) is 10.6. The number of nitrogens with one attached hydrogen (secondary N) is 1. The van der Waals surface area contributed by atoms with Crippen LogP contribution in [0.2, 0.25) is 0 Å². The normalized spacial score (nSPS) is 12.0. The number of para-hydroxylation sites is 2. The van der Waals surface area contributed by atoms with Crippen LogP contribution in [-0.2, 0) is 0 Å². The van der Waals surface area contributed by atoms with E-state index >= 15 is 0 Å². The molecule has 0 radical (unpaired) electrons. The van der Waals surface area contributed by atoms with E-state index in [1.165, 1.54) is 76.5 Å². The summed E-state index contributed by atoms with van der Waals surface area (Å²) in [5, 5.41) is 10.2. The van der Waals surface area contributed by atoms with Gasteiger partial charge in [0, 0.05) is 38.3 Å². The lowest BCUT2D eigenvalue weighted by Crippen LogP contribution is -1.94. The highest BCUT2D eigenvalue weighted by Crippen LogP contribution is 2.46. The van der Waals surface area contributed by atoms with Crippen molar-refractivity contribution < 1.29 is 0 Å². The van der Waals surface area contributed by atoms with Crippen LogP contribution in [0.25, 0.3) is 82.0 Å². The number of fused-ring (bicyclic) bond motifs is 10. The standard InChI is InChI=1S/C38H24N2/c1-2-14-26(15-3-1)40-33-22-21-25-12-5-7-17-28(25)35(33)37-34(40)23-31(29-19-10-13-24-11-4-6-16-27(24)29)38-36(37)30-18-8-9-20-32(30)39-38/h1-23,39H. The summed E-state index contributed by atoms with van der Waals surface area (Å²) in [5.74, 6) is 0. The van der Waals surface area contributed by atoms with E-state index in [9.17, 15) is 0 Å². The van der Waals surface area contributed by atoms with Gasteiger partial charge in [-0.1, -0.05) is 109 Å². The lowest BCUT2D eigenvalue weighted by atomic mass is 9.93. The molecule has 40 heavy (non-hydrogen) atoms. The number of H-pyrrole nitrogens is 1. The Kier molecular flexibility index (Phi) is 4.36. The molecule has 0 aliphatic heterocycles. The van der Waals surface area contributed by atoms with Crippen molar-refractivity contribution in [3.8, 4) is 16.8 Å². The van der Waals surface area contributed by atoms with E-state index in [1.54, 1.807) is 0 Å². The molecule has 186 valence electrons. The summed E-state index contributed by atoms with van der Waals surface area (Å²) in [6, 6.07) is 50.6. The van der Waals surface area contributed by atoms with E-state index in [-0.39, 0.29) is 0 Å². The molecule has 0 fully saturated rings. The molecule has 0 atom stereocenters. The first-order chi connectivity index (χ1) is 19.9. The van der Waals surface area contributed by atoms with Crippen LogP contribution in [0.15, 0.2) is 140 Å². The molecule has 2 heterocycles. The fourth-order valence-corrected chi connectivity index (χ4v) is 6.81. The molecule has 0 aliphatic rings. The number of hydrogen-bond donors (Lipinski definition) is 1. The molecule has 0 bridgehead atoms. The van der Waals surface area contributed by atoms with Crippen LogP contribution in [0, 0.1) is 0 Å². The third-order valence-corrected chi connectivity index (χ3v) is 8.50. The Hall–Kier alpha value is -5.34. The third kappa shape index (κ3) is 2.88. The van der Waals surface area contributed by atoms with Gasteiger partial charge < -0.3 is 9.55 Å². The van der Waals surface area contributed by atoms with Crippen LogP contribution in [0.3, 0.4) is 0 Å². The van der Waals surface area contributed by atoms with Gasteiger partial charge in [0.25, 0.3) is 0 Å². The van der Waals surface area contributed by atoms with Gasteiger partial charge in [0.2, 0.25) is 0 Å². The summed E-state index contributed by atoms with van der Waals surface area (Å²) in [4.78, 5) is 3.85. The minimum Gasteiger partial charge on any atom is -0.354 e. The van der Waals surface area contributed by atoms with E-state index in [2.05, 4.69) is 149 Å². The molecule has 2 heteroatoms. The van der Waals surface area contributed by atoms with Crippen LogP contribution >= 0.6 is 0 Å². The summed E-state index contributed by atoms with van der Waals surface area (Å²) in [6.07, 6.45) is 0. The number of aromatic amines is 1. The Morgan fingerprint density at radius 3 is 1.95 bits per heavy atom. The largest absolute Gasteiger partial charge is 0.354 e. The van der Waals surface area contributed by atoms with Gasteiger partial charge in [-0.15, -0.1) is 0 Å². The molecular formula is C38H24N2. The van der Waals surface area contributed by atoms with Gasteiger partial charge in [-0.2, -0.15) is 0 Å². The van der Waals surface area contributed by atoms with Crippen LogP contribution in [0.4, 0.5) is 0 Å². The molecule has 2 aromatic heterocycles. The first-order valence-corrected chi connectivity index (χ1v) is 13.8. The highest BCUT2D eigenvalue weighted by atomic mass is 15.0. The first-order valence-electron chi connectivity index (χ1n) is 13.8. The highest BCUT2D eigenvalue weighted by Gasteiger charge is 2.22. The van der Waals surface area contributed by atoms with Gasteiger partial charge in [0.1, 0.15) is 0 Å². The second kappa shape index (κ2) is 8.08. The van der Waals surface area contributed by atoms with Crippen molar-refractivity contribution in [2.75, 3.05) is 0 Å². The summed E-state index contributed by atoms with van der Waals surface area (Å²) >= 11 is 0. The average Bonchev–Trinajstić information content (AvgIpc) is 3.57. The lowest BCUT2D eigenvalue weighted by molar-refractivity contribution is 1.18. The van der Waals surface area contributed by atoms with Crippen molar-refractivity contribution in [2.45, 2.75) is 0 Å². The topological polar surface area (TPSA) is 20.7 Å². The van der Waals surface area contributed by atoms with Crippen molar-refractivity contribution in [1.29, 1.82) is 0 Å². The number of aromatic nitrogens is 2. The molecule has 0 saturated carbocycles. The van der Waals surface area contributed by atoms with E-state index < -0.39 is 0 Å². The zero-order chi connectivity index (χ0) is 26.2. The average molecular weight is 509 g/mol. The number of hydrogen-bond acceptors (Lipinski definition) is 0. The molecule has 0 unspecified atom stereocenters. The van der Waals surface area contributed by atoms with E-state index in [0.717, 1.165) is 5.52 Å². The molecule has 0 aliphatic carbocycles. The second-order valence-corrected chi connectivity index (χ2v) is 10.6. The van der Waals surface area contributed by atoms with Crippen LogP contribution < -0.4 is 0 Å². The SMILES string of the molecule is c1ccc(-n2c3ccc4ccccc4c3c3c4c([nH]c5ccccc54)c(-c4cccc5ccccc45)cc32)cc1. The highest BCUT2D eigenvalue weighted by molar-refractivity contribution is 6.35. The minimum atomic E-state index is 1.16. The Bertz CT molecular complexity index is 2420. The molecule has 9 aromatic rings. The number of benzene rings is 7. The van der Waals surface area contributed by atoms with Crippen LogP contribution in [-0.4, -0.2) is 9.55 Å². The van der Waals surface area contributed by atoms with Crippen molar-refractivity contribution in [3.63, 3.8) is 0 Å². The molecule has 7 aromatic carbocycles. The third-order valence-electron chi connectivity index (χ3n) is 8.50. The van der Waals surface area contributed by atoms with E-state index in [0.29, 0.717) is 0 Å². The quantitative estimate of drug-likeness (QED) is 0.240. The smallest absolute Gasteiger partial charge is 0.0555 e. The van der Waals surface area contributed by atoms with Gasteiger partial charge in [-0.3, -0.25) is 0 Å². The molecule has 1 N–H and O–H groups in total. The molecular weight excluding hydrogens is 484 g/mol. The van der Waals surface area contributed by atoms with Crippen LogP contribution in [0.5, 0.6) is 0 Å². The predicted octanol–water partition coefficient (Wildman–Crippen LogP) is 10.4. The van der Waals surface area contributed by atoms with Crippen molar-refractivity contribution in [1.82, 2.24) is 9.55 Å². The molecule has 9 rings (SSSR count). The van der Waals surface area contributed by atoms with Crippen molar-refractivity contribution >= 4 is 65.2 Å². The van der Waals surface area contributed by atoms with Crippen LogP contribution in [0.1, 0.15) is 0 Å². The zero-order valence-electron chi connectivity index (χ0n) is 21.7. The number of nitrogens with zero attached hydrogens (tertiary/aromatic N) is 1. The summed E-state index contributed by atoms with van der Waals surface area (Å²) < 4.78 is 2.45. The van der Waals surface area contributed by atoms with Gasteiger partial charge in [-0.05, 0) is 57.4 Å². The van der Waals surface area contributed by atoms with Gasteiger partial charge in [-0.25, -0.2) is 0 Å². The lowest BCUT2D eigenvalue weighted by Gasteiger charge is -2.12. The van der Waals surface area contributed by atoms with E-state index in [4.69, 9.17) is 0 Å². The molecule has 0 amide bonds. The van der Waals surface area contributed by atoms with Gasteiger partial charge in [0.15, 0.2) is 0 Å². The Labute approximate surface area is 230 Å². The van der Waals surface area contributed by atoms with E-state index in [1.807, 2.05) is 0 Å². The summed E-state index contributed by atoms with van der Waals surface area (Å²) in [6.45, 7) is 0. The summed E-state index contributed by atoms with van der Waals surface area (Å²) in [7, 11) is 0. The summed E-state index contributed by atoms with van der Waals surface area (Å²) in [5.41, 5.74) is 8.42. The molecule has 2 nitrogen and oxygen atoms in total. The van der Waals surface area contributed by atoms with Crippen molar-refractivity contribution in [2.24, 2.45) is 0 Å². The maximum absolute atomic E-state index is 3.85.